The van der Waals surface area contributed by atoms with Crippen LogP contribution < -0.4 is 9.41 Å². The van der Waals surface area contributed by atoms with Crippen molar-refractivity contribution in [3.8, 4) is 0 Å². The largest absolute Gasteiger partial charge is 4.00 e. The molecule has 0 saturated carbocycles. The summed E-state index contributed by atoms with van der Waals surface area (Å²) in [7, 11) is 0. The van der Waals surface area contributed by atoms with E-state index >= 15 is 0 Å². The summed E-state index contributed by atoms with van der Waals surface area (Å²) < 4.78 is 0. The van der Waals surface area contributed by atoms with Gasteiger partial charge in [-0.05, 0) is 0 Å². The minimum absolute atomic E-state index is 0. The van der Waals surface area contributed by atoms with Crippen molar-refractivity contribution in [1.82, 2.24) is 0 Å². The van der Waals surface area contributed by atoms with Gasteiger partial charge in [-0.1, -0.05) is 47.6 Å². The van der Waals surface area contributed by atoms with Crippen LogP contribution >= 0.6 is 0 Å². The SMILES string of the molecule is Cc1c(C)c(C)[c-](C)c1C.Cc1cc2ccccc2[cH-]1.[F-].[F-].[Zr+4]. The molecule has 0 N–H and O–H groups in total. The van der Waals surface area contributed by atoms with Gasteiger partial charge in [-0.15, -0.1) is 40.6 Å². The van der Waals surface area contributed by atoms with Gasteiger partial charge in [-0.3, -0.25) is 0 Å². The molecule has 3 aromatic carbocycles. The Bertz CT molecular complexity index is 622. The fraction of sp³-hybridized carbons (Fsp3) is 0.300. The fourth-order valence-corrected chi connectivity index (χ4v) is 2.71. The smallest absolute Gasteiger partial charge is 1.00 e. The molecule has 3 heteroatoms. The van der Waals surface area contributed by atoms with E-state index in [0.29, 0.717) is 0 Å². The van der Waals surface area contributed by atoms with Crippen molar-refractivity contribution < 1.29 is 35.6 Å². The first kappa shape index (κ1) is 24.2. The van der Waals surface area contributed by atoms with Crippen LogP contribution in [0.15, 0.2) is 36.4 Å². The maximum absolute atomic E-state index is 2.20. The van der Waals surface area contributed by atoms with Crippen molar-refractivity contribution in [2.45, 2.75) is 41.5 Å². The first-order valence-electron chi connectivity index (χ1n) is 7.23. The Kier molecular flexibility index (Phi) is 10.4. The zero-order valence-electron chi connectivity index (χ0n) is 14.7. The predicted octanol–water partition coefficient (Wildman–Crippen LogP) is -0.180. The summed E-state index contributed by atoms with van der Waals surface area (Å²) in [4.78, 5) is 0. The molecule has 0 radical (unpaired) electrons. The van der Waals surface area contributed by atoms with E-state index in [1.807, 2.05) is 0 Å². The molecule has 122 valence electrons. The maximum Gasteiger partial charge on any atom is 4.00 e. The van der Waals surface area contributed by atoms with Crippen LogP contribution in [0, 0.1) is 41.5 Å². The Morgan fingerprint density at radius 3 is 1.70 bits per heavy atom. The third kappa shape index (κ3) is 5.21. The molecule has 3 aromatic rings. The number of hydrogen-bond acceptors (Lipinski definition) is 0. The van der Waals surface area contributed by atoms with Gasteiger partial charge in [0.15, 0.2) is 0 Å². The van der Waals surface area contributed by atoms with E-state index in [9.17, 15) is 0 Å². The van der Waals surface area contributed by atoms with Crippen LogP contribution in [0.4, 0.5) is 0 Å². The zero-order chi connectivity index (χ0) is 14.9. The standard InChI is InChI=1S/C10H9.C10H15.2FH.Zr/c1-8-6-9-4-2-3-5-10(9)7-8;1-6-7(2)9(4)10(5)8(6)3;;;/h2-7H,1H3;1-5H3;2*1H;/q2*-1;;;+4/p-2. The number of fused-ring (bicyclic) bond motifs is 1. The van der Waals surface area contributed by atoms with Crippen molar-refractivity contribution in [1.29, 1.82) is 0 Å². The molecule has 0 aromatic heterocycles. The van der Waals surface area contributed by atoms with E-state index < -0.39 is 0 Å². The molecule has 0 heterocycles. The Balaban J connectivity index is 0. The van der Waals surface area contributed by atoms with Crippen LogP contribution in [0.3, 0.4) is 0 Å². The number of benzene rings is 1. The number of rotatable bonds is 0. The maximum atomic E-state index is 2.20. The molecule has 0 spiro atoms. The first-order chi connectivity index (χ1) is 9.41. The normalized spacial score (nSPS) is 9.13. The summed E-state index contributed by atoms with van der Waals surface area (Å²) in [6.07, 6.45) is 0. The summed E-state index contributed by atoms with van der Waals surface area (Å²) in [6, 6.07) is 12.8. The molecule has 0 bridgehead atoms. The Morgan fingerprint density at radius 1 is 0.826 bits per heavy atom. The second kappa shape index (κ2) is 9.93. The van der Waals surface area contributed by atoms with Crippen molar-refractivity contribution >= 4 is 10.8 Å². The van der Waals surface area contributed by atoms with E-state index in [1.54, 1.807) is 0 Å². The quantitative estimate of drug-likeness (QED) is 0.465. The molecule has 0 nitrogen and oxygen atoms in total. The number of aryl methyl sites for hydroxylation is 1. The van der Waals surface area contributed by atoms with Crippen LogP contribution in [0.1, 0.15) is 33.4 Å². The number of hydrogen-bond donors (Lipinski definition) is 0. The van der Waals surface area contributed by atoms with Gasteiger partial charge in [0, 0.05) is 0 Å². The number of halogens is 2. The van der Waals surface area contributed by atoms with Crippen LogP contribution in [-0.4, -0.2) is 0 Å². The second-order valence-corrected chi connectivity index (χ2v) is 5.79. The van der Waals surface area contributed by atoms with Gasteiger partial charge < -0.3 is 9.41 Å². The van der Waals surface area contributed by atoms with Crippen LogP contribution in [0.25, 0.3) is 10.8 Å². The van der Waals surface area contributed by atoms with E-state index in [4.69, 9.17) is 0 Å². The Labute approximate surface area is 157 Å². The van der Waals surface area contributed by atoms with Crippen LogP contribution in [0.2, 0.25) is 0 Å². The molecule has 0 aliphatic rings. The monoisotopic (exact) mass is 392 g/mol. The van der Waals surface area contributed by atoms with Crippen molar-refractivity contribution in [3.63, 3.8) is 0 Å². The van der Waals surface area contributed by atoms with Gasteiger partial charge in [0.1, 0.15) is 0 Å². The van der Waals surface area contributed by atoms with E-state index in [1.165, 1.54) is 44.2 Å². The summed E-state index contributed by atoms with van der Waals surface area (Å²) in [6.45, 7) is 13.1. The van der Waals surface area contributed by atoms with Crippen molar-refractivity contribution in [2.24, 2.45) is 0 Å². The summed E-state index contributed by atoms with van der Waals surface area (Å²) in [5.74, 6) is 0. The third-order valence-corrected chi connectivity index (χ3v) is 4.57. The summed E-state index contributed by atoms with van der Waals surface area (Å²) in [5.41, 5.74) is 8.69. The van der Waals surface area contributed by atoms with E-state index in [-0.39, 0.29) is 35.6 Å². The first-order valence-corrected chi connectivity index (χ1v) is 7.23. The van der Waals surface area contributed by atoms with Crippen LogP contribution in [0.5, 0.6) is 0 Å². The molecule has 0 aliphatic heterocycles. The van der Waals surface area contributed by atoms with Gasteiger partial charge in [-0.2, -0.15) is 33.9 Å². The molecule has 0 amide bonds. The molecule has 0 fully saturated rings. The van der Waals surface area contributed by atoms with Gasteiger partial charge in [0.25, 0.3) is 0 Å². The second-order valence-electron chi connectivity index (χ2n) is 5.79. The molecule has 0 saturated heterocycles. The minimum Gasteiger partial charge on any atom is -1.00 e. The average molecular weight is 394 g/mol. The molecule has 0 unspecified atom stereocenters. The van der Waals surface area contributed by atoms with Crippen molar-refractivity contribution in [3.05, 3.63) is 69.8 Å². The third-order valence-electron chi connectivity index (χ3n) is 4.57. The molecule has 3 rings (SSSR count). The Hall–Kier alpha value is -1.08. The molecule has 23 heavy (non-hydrogen) atoms. The Morgan fingerprint density at radius 2 is 1.30 bits per heavy atom. The van der Waals surface area contributed by atoms with Crippen molar-refractivity contribution in [2.75, 3.05) is 0 Å². The minimum atomic E-state index is 0. The molecular weight excluding hydrogens is 369 g/mol. The van der Waals surface area contributed by atoms with E-state index in [0.717, 1.165) is 0 Å². The van der Waals surface area contributed by atoms with Gasteiger partial charge in [0.2, 0.25) is 0 Å². The van der Waals surface area contributed by atoms with Crippen LogP contribution in [-0.2, 0) is 26.2 Å². The van der Waals surface area contributed by atoms with Gasteiger partial charge in [0.05, 0.1) is 0 Å². The molecule has 0 aliphatic carbocycles. The predicted molar refractivity (Wildman–Crippen MR) is 90.0 cm³/mol. The topological polar surface area (TPSA) is 0 Å². The fourth-order valence-electron chi connectivity index (χ4n) is 2.71. The zero-order valence-corrected chi connectivity index (χ0v) is 17.2. The summed E-state index contributed by atoms with van der Waals surface area (Å²) >= 11 is 0. The molecule has 0 atom stereocenters. The van der Waals surface area contributed by atoms with E-state index in [2.05, 4.69) is 77.9 Å². The molecular formula is C20H24F2Zr. The summed E-state index contributed by atoms with van der Waals surface area (Å²) in [5, 5.41) is 2.69. The van der Waals surface area contributed by atoms with Gasteiger partial charge in [-0.25, -0.2) is 0 Å². The average Bonchev–Trinajstić information content (AvgIpc) is 2.89. The van der Waals surface area contributed by atoms with Gasteiger partial charge >= 0.3 is 26.2 Å².